The SMILES string of the molecule is CCCCN(C)S(=O)(=O)c1csc(CNC)c1. The fraction of sp³-hybridized carbons (Fsp3) is 0.636. The van der Waals surface area contributed by atoms with Crippen LogP contribution < -0.4 is 5.32 Å². The van der Waals surface area contributed by atoms with Crippen LogP contribution in [-0.2, 0) is 16.6 Å². The molecule has 0 unspecified atom stereocenters. The highest BCUT2D eigenvalue weighted by Gasteiger charge is 2.21. The summed E-state index contributed by atoms with van der Waals surface area (Å²) in [5, 5.41) is 4.73. The second-order valence-electron chi connectivity index (χ2n) is 3.96. The summed E-state index contributed by atoms with van der Waals surface area (Å²) in [6, 6.07) is 1.75. The Kier molecular flexibility index (Phi) is 5.58. The average molecular weight is 276 g/mol. The number of unbranched alkanes of at least 4 members (excludes halogenated alkanes) is 1. The highest BCUT2D eigenvalue weighted by atomic mass is 32.2. The van der Waals surface area contributed by atoms with E-state index in [4.69, 9.17) is 0 Å². The van der Waals surface area contributed by atoms with Crippen molar-refractivity contribution in [2.45, 2.75) is 31.2 Å². The van der Waals surface area contributed by atoms with E-state index in [9.17, 15) is 8.42 Å². The van der Waals surface area contributed by atoms with Gasteiger partial charge in [-0.25, -0.2) is 12.7 Å². The number of thiophene rings is 1. The number of nitrogens with zero attached hydrogens (tertiary/aromatic N) is 1. The molecule has 0 amide bonds. The van der Waals surface area contributed by atoms with Crippen molar-refractivity contribution < 1.29 is 8.42 Å². The standard InChI is InChI=1S/C11H20N2O2S2/c1-4-5-6-13(3)17(14,15)11-7-10(8-12-2)16-9-11/h7,9,12H,4-6,8H2,1-3H3. The van der Waals surface area contributed by atoms with Gasteiger partial charge in [0.1, 0.15) is 0 Å². The fourth-order valence-electron chi connectivity index (χ4n) is 1.44. The smallest absolute Gasteiger partial charge is 0.243 e. The van der Waals surface area contributed by atoms with Crippen molar-refractivity contribution in [3.05, 3.63) is 16.3 Å². The maximum Gasteiger partial charge on any atom is 0.243 e. The molecule has 0 saturated heterocycles. The van der Waals surface area contributed by atoms with Gasteiger partial charge >= 0.3 is 0 Å². The zero-order chi connectivity index (χ0) is 12.9. The van der Waals surface area contributed by atoms with Gasteiger partial charge in [-0.2, -0.15) is 0 Å². The van der Waals surface area contributed by atoms with Crippen molar-refractivity contribution in [3.63, 3.8) is 0 Å². The molecule has 0 aliphatic rings. The van der Waals surface area contributed by atoms with Crippen molar-refractivity contribution in [1.82, 2.24) is 9.62 Å². The summed E-state index contributed by atoms with van der Waals surface area (Å²) in [4.78, 5) is 1.45. The van der Waals surface area contributed by atoms with Crippen LogP contribution in [0.5, 0.6) is 0 Å². The summed E-state index contributed by atoms with van der Waals surface area (Å²) < 4.78 is 25.8. The van der Waals surface area contributed by atoms with E-state index in [0.29, 0.717) is 18.0 Å². The maximum absolute atomic E-state index is 12.2. The van der Waals surface area contributed by atoms with Crippen LogP contribution in [0.25, 0.3) is 0 Å². The van der Waals surface area contributed by atoms with Gasteiger partial charge in [-0.15, -0.1) is 11.3 Å². The lowest BCUT2D eigenvalue weighted by atomic mass is 10.3. The molecule has 1 rings (SSSR count). The van der Waals surface area contributed by atoms with E-state index in [1.165, 1.54) is 15.6 Å². The largest absolute Gasteiger partial charge is 0.315 e. The van der Waals surface area contributed by atoms with Crippen LogP contribution in [0.15, 0.2) is 16.3 Å². The van der Waals surface area contributed by atoms with E-state index >= 15 is 0 Å². The first-order valence-corrected chi connectivity index (χ1v) is 8.02. The summed E-state index contributed by atoms with van der Waals surface area (Å²) in [5.74, 6) is 0. The lowest BCUT2D eigenvalue weighted by Crippen LogP contribution is -2.27. The number of sulfonamides is 1. The van der Waals surface area contributed by atoms with E-state index in [-0.39, 0.29) is 0 Å². The number of hydrogen-bond donors (Lipinski definition) is 1. The van der Waals surface area contributed by atoms with Crippen molar-refractivity contribution in [3.8, 4) is 0 Å². The van der Waals surface area contributed by atoms with Crippen LogP contribution in [0.2, 0.25) is 0 Å². The molecule has 1 heterocycles. The monoisotopic (exact) mass is 276 g/mol. The Bertz CT molecular complexity index is 440. The van der Waals surface area contributed by atoms with Crippen molar-refractivity contribution in [1.29, 1.82) is 0 Å². The first-order chi connectivity index (χ1) is 8.02. The van der Waals surface area contributed by atoms with Gasteiger partial charge in [0.15, 0.2) is 0 Å². The van der Waals surface area contributed by atoms with Gasteiger partial charge in [0, 0.05) is 30.4 Å². The molecular weight excluding hydrogens is 256 g/mol. The molecule has 4 nitrogen and oxygen atoms in total. The van der Waals surface area contributed by atoms with Crippen LogP contribution in [0.1, 0.15) is 24.6 Å². The minimum atomic E-state index is -3.29. The van der Waals surface area contributed by atoms with Crippen molar-refractivity contribution in [2.24, 2.45) is 0 Å². The second-order valence-corrected chi connectivity index (χ2v) is 7.00. The van der Waals surface area contributed by atoms with Crippen LogP contribution in [-0.4, -0.2) is 33.4 Å². The van der Waals surface area contributed by atoms with Gasteiger partial charge in [0.05, 0.1) is 4.90 Å². The molecule has 1 aromatic heterocycles. The van der Waals surface area contributed by atoms with Crippen molar-refractivity contribution >= 4 is 21.4 Å². The third-order valence-corrected chi connectivity index (χ3v) is 5.44. The third-order valence-electron chi connectivity index (χ3n) is 2.52. The topological polar surface area (TPSA) is 49.4 Å². The Hall–Kier alpha value is -0.430. The minimum Gasteiger partial charge on any atom is -0.315 e. The van der Waals surface area contributed by atoms with Crippen LogP contribution in [0.4, 0.5) is 0 Å². The Labute approximate surface area is 108 Å². The lowest BCUT2D eigenvalue weighted by molar-refractivity contribution is 0.459. The predicted octanol–water partition coefficient (Wildman–Crippen LogP) is 1.89. The van der Waals surface area contributed by atoms with E-state index in [2.05, 4.69) is 12.2 Å². The second kappa shape index (κ2) is 6.49. The van der Waals surface area contributed by atoms with Crippen LogP contribution >= 0.6 is 11.3 Å². The van der Waals surface area contributed by atoms with E-state index in [1.807, 2.05) is 7.05 Å². The molecule has 6 heteroatoms. The molecule has 0 atom stereocenters. The van der Waals surface area contributed by atoms with Gasteiger partial charge in [-0.1, -0.05) is 13.3 Å². The maximum atomic E-state index is 12.2. The molecule has 0 bridgehead atoms. The molecule has 0 saturated carbocycles. The first-order valence-electron chi connectivity index (χ1n) is 5.70. The van der Waals surface area contributed by atoms with Gasteiger partial charge in [-0.3, -0.25) is 0 Å². The van der Waals surface area contributed by atoms with Crippen LogP contribution in [0.3, 0.4) is 0 Å². The summed E-state index contributed by atoms with van der Waals surface area (Å²) >= 11 is 1.47. The molecule has 1 aromatic rings. The molecule has 0 aliphatic carbocycles. The van der Waals surface area contributed by atoms with Gasteiger partial charge in [0.2, 0.25) is 10.0 Å². The van der Waals surface area contributed by atoms with Gasteiger partial charge in [0.25, 0.3) is 0 Å². The number of rotatable bonds is 7. The summed E-state index contributed by atoms with van der Waals surface area (Å²) in [5.41, 5.74) is 0. The third kappa shape index (κ3) is 3.77. The Balaban J connectivity index is 2.81. The zero-order valence-electron chi connectivity index (χ0n) is 10.6. The normalized spacial score (nSPS) is 12.2. The predicted molar refractivity (Wildman–Crippen MR) is 71.8 cm³/mol. The van der Waals surface area contributed by atoms with Gasteiger partial charge in [-0.05, 0) is 19.5 Å². The van der Waals surface area contributed by atoms with E-state index < -0.39 is 10.0 Å². The van der Waals surface area contributed by atoms with E-state index in [0.717, 1.165) is 17.7 Å². The van der Waals surface area contributed by atoms with Gasteiger partial charge < -0.3 is 5.32 Å². The molecule has 98 valence electrons. The Morgan fingerprint density at radius 2 is 2.18 bits per heavy atom. The Morgan fingerprint density at radius 3 is 2.76 bits per heavy atom. The molecule has 0 radical (unpaired) electrons. The molecule has 0 aliphatic heterocycles. The molecule has 17 heavy (non-hydrogen) atoms. The highest BCUT2D eigenvalue weighted by molar-refractivity contribution is 7.89. The molecule has 0 aromatic carbocycles. The van der Waals surface area contributed by atoms with Crippen molar-refractivity contribution in [2.75, 3.05) is 20.6 Å². The van der Waals surface area contributed by atoms with E-state index in [1.54, 1.807) is 18.5 Å². The Morgan fingerprint density at radius 1 is 1.47 bits per heavy atom. The lowest BCUT2D eigenvalue weighted by Gasteiger charge is -2.15. The summed E-state index contributed by atoms with van der Waals surface area (Å²) in [6.45, 7) is 3.34. The molecular formula is C11H20N2O2S2. The first kappa shape index (κ1) is 14.6. The number of hydrogen-bond acceptors (Lipinski definition) is 4. The number of nitrogens with one attached hydrogen (secondary N) is 1. The molecule has 1 N–H and O–H groups in total. The fourth-order valence-corrected chi connectivity index (χ4v) is 3.93. The summed E-state index contributed by atoms with van der Waals surface area (Å²) in [7, 11) is 0.195. The average Bonchev–Trinajstić information content (AvgIpc) is 2.75. The highest BCUT2D eigenvalue weighted by Crippen LogP contribution is 2.22. The summed E-state index contributed by atoms with van der Waals surface area (Å²) in [6.07, 6.45) is 1.89. The molecule has 0 spiro atoms. The zero-order valence-corrected chi connectivity index (χ0v) is 12.2. The quantitative estimate of drug-likeness (QED) is 0.827. The minimum absolute atomic E-state index is 0.409. The molecule has 0 fully saturated rings. The van der Waals surface area contributed by atoms with Crippen LogP contribution in [0, 0.1) is 0 Å².